The van der Waals surface area contributed by atoms with E-state index in [2.05, 4.69) is 10.4 Å². The molecule has 1 heterocycles. The van der Waals surface area contributed by atoms with E-state index < -0.39 is 5.51 Å². The van der Waals surface area contributed by atoms with Gasteiger partial charge in [0.05, 0.1) is 12.7 Å². The third-order valence-electron chi connectivity index (χ3n) is 2.47. The van der Waals surface area contributed by atoms with E-state index >= 15 is 0 Å². The first-order chi connectivity index (χ1) is 8.29. The van der Waals surface area contributed by atoms with E-state index in [1.807, 2.05) is 20.8 Å². The van der Waals surface area contributed by atoms with Crippen molar-refractivity contribution in [1.82, 2.24) is 15.1 Å². The van der Waals surface area contributed by atoms with Crippen molar-refractivity contribution in [3.63, 3.8) is 0 Å². The SMILES string of the molecule is Cc1c(CNC(C)C)cnn1CCSC(F)(F)F. The predicted octanol–water partition coefficient (Wildman–Crippen LogP) is 2.94. The topological polar surface area (TPSA) is 29.9 Å². The van der Waals surface area contributed by atoms with Gasteiger partial charge in [0.25, 0.3) is 0 Å². The minimum Gasteiger partial charge on any atom is -0.310 e. The molecule has 0 aliphatic heterocycles. The van der Waals surface area contributed by atoms with Gasteiger partial charge in [0.1, 0.15) is 0 Å². The number of hydrogen-bond donors (Lipinski definition) is 1. The molecule has 0 saturated carbocycles. The molecule has 0 amide bonds. The van der Waals surface area contributed by atoms with Gasteiger partial charge in [-0.2, -0.15) is 18.3 Å². The summed E-state index contributed by atoms with van der Waals surface area (Å²) in [6, 6.07) is 0.369. The molecule has 0 aromatic carbocycles. The van der Waals surface area contributed by atoms with E-state index in [0.717, 1.165) is 11.3 Å². The lowest BCUT2D eigenvalue weighted by atomic mass is 10.2. The highest BCUT2D eigenvalue weighted by molar-refractivity contribution is 8.00. The minimum atomic E-state index is -4.16. The third kappa shape index (κ3) is 5.30. The number of aromatic nitrogens is 2. The fourth-order valence-corrected chi connectivity index (χ4v) is 1.94. The number of hydrogen-bond acceptors (Lipinski definition) is 3. The molecule has 104 valence electrons. The Balaban J connectivity index is 2.48. The lowest BCUT2D eigenvalue weighted by Gasteiger charge is -2.09. The van der Waals surface area contributed by atoms with Crippen molar-refractivity contribution in [1.29, 1.82) is 0 Å². The molecule has 1 aromatic rings. The van der Waals surface area contributed by atoms with Gasteiger partial charge in [0, 0.05) is 29.6 Å². The predicted molar refractivity (Wildman–Crippen MR) is 67.5 cm³/mol. The van der Waals surface area contributed by atoms with E-state index in [9.17, 15) is 13.2 Å². The Morgan fingerprint density at radius 2 is 2.11 bits per heavy atom. The average Bonchev–Trinajstić information content (AvgIpc) is 2.56. The molecular weight excluding hydrogens is 263 g/mol. The molecule has 1 N–H and O–H groups in total. The van der Waals surface area contributed by atoms with Crippen molar-refractivity contribution in [2.24, 2.45) is 0 Å². The Labute approximate surface area is 109 Å². The molecule has 1 rings (SSSR count). The maximum Gasteiger partial charge on any atom is 0.441 e. The molecule has 0 bridgehead atoms. The summed E-state index contributed by atoms with van der Waals surface area (Å²) < 4.78 is 37.6. The largest absolute Gasteiger partial charge is 0.441 e. The number of aryl methyl sites for hydroxylation is 1. The Kier molecular flexibility index (Phi) is 5.52. The van der Waals surface area contributed by atoms with Crippen LogP contribution in [0.25, 0.3) is 0 Å². The Morgan fingerprint density at radius 1 is 1.44 bits per heavy atom. The van der Waals surface area contributed by atoms with Crippen molar-refractivity contribution in [2.75, 3.05) is 5.75 Å². The van der Waals surface area contributed by atoms with Crippen LogP contribution in [0, 0.1) is 6.92 Å². The first-order valence-electron chi connectivity index (χ1n) is 5.75. The van der Waals surface area contributed by atoms with Crippen LogP contribution in [0.3, 0.4) is 0 Å². The lowest BCUT2D eigenvalue weighted by molar-refractivity contribution is -0.0328. The summed E-state index contributed by atoms with van der Waals surface area (Å²) in [5, 5.41) is 7.37. The minimum absolute atomic E-state index is 0.0108. The van der Waals surface area contributed by atoms with Crippen molar-refractivity contribution in [3.05, 3.63) is 17.5 Å². The monoisotopic (exact) mass is 281 g/mol. The maximum absolute atomic E-state index is 12.0. The van der Waals surface area contributed by atoms with Crippen molar-refractivity contribution < 1.29 is 13.2 Å². The van der Waals surface area contributed by atoms with Crippen LogP contribution >= 0.6 is 11.8 Å². The van der Waals surface area contributed by atoms with Gasteiger partial charge < -0.3 is 5.32 Å². The smallest absolute Gasteiger partial charge is 0.310 e. The van der Waals surface area contributed by atoms with Gasteiger partial charge >= 0.3 is 5.51 Å². The van der Waals surface area contributed by atoms with Crippen LogP contribution in [0.1, 0.15) is 25.1 Å². The highest BCUT2D eigenvalue weighted by Crippen LogP contribution is 2.30. The number of nitrogens with one attached hydrogen (secondary N) is 1. The van der Waals surface area contributed by atoms with Crippen LogP contribution < -0.4 is 5.32 Å². The number of rotatable bonds is 6. The molecule has 0 radical (unpaired) electrons. The number of halogens is 3. The van der Waals surface area contributed by atoms with Crippen molar-refractivity contribution in [2.45, 2.75) is 45.4 Å². The highest BCUT2D eigenvalue weighted by atomic mass is 32.2. The first kappa shape index (κ1) is 15.4. The molecule has 0 saturated heterocycles. The van der Waals surface area contributed by atoms with E-state index in [1.54, 1.807) is 10.9 Å². The van der Waals surface area contributed by atoms with Gasteiger partial charge in [-0.15, -0.1) is 0 Å². The number of alkyl halides is 3. The second-order valence-corrected chi connectivity index (χ2v) is 5.47. The van der Waals surface area contributed by atoms with Gasteiger partial charge in [0.15, 0.2) is 0 Å². The van der Waals surface area contributed by atoms with E-state index in [0.29, 0.717) is 12.6 Å². The van der Waals surface area contributed by atoms with Gasteiger partial charge in [-0.3, -0.25) is 4.68 Å². The Bertz CT molecular complexity index is 374. The summed E-state index contributed by atoms with van der Waals surface area (Å²) in [7, 11) is 0. The fraction of sp³-hybridized carbons (Fsp3) is 0.727. The van der Waals surface area contributed by atoms with Crippen LogP contribution in [-0.4, -0.2) is 27.1 Å². The quantitative estimate of drug-likeness (QED) is 0.869. The standard InChI is InChI=1S/C11H18F3N3S/c1-8(2)15-6-10-7-16-17(9(10)3)4-5-18-11(12,13)14/h7-8,15H,4-6H2,1-3H3. The molecule has 0 aliphatic carbocycles. The van der Waals surface area contributed by atoms with Gasteiger partial charge in [-0.1, -0.05) is 13.8 Å². The summed E-state index contributed by atoms with van der Waals surface area (Å²) in [6.07, 6.45) is 1.71. The van der Waals surface area contributed by atoms with E-state index in [-0.39, 0.29) is 24.1 Å². The summed E-state index contributed by atoms with van der Waals surface area (Å²) in [5.41, 5.74) is -2.21. The average molecular weight is 281 g/mol. The summed E-state index contributed by atoms with van der Waals surface area (Å²) in [4.78, 5) is 0. The van der Waals surface area contributed by atoms with Crippen LogP contribution in [-0.2, 0) is 13.1 Å². The summed E-state index contributed by atoms with van der Waals surface area (Å²) in [5.74, 6) is -0.0108. The number of nitrogens with zero attached hydrogens (tertiary/aromatic N) is 2. The third-order valence-corrected chi connectivity index (χ3v) is 3.19. The fourth-order valence-electron chi connectivity index (χ4n) is 1.45. The molecule has 0 aliphatic rings. The molecule has 0 unspecified atom stereocenters. The summed E-state index contributed by atoms with van der Waals surface area (Å²) in [6.45, 7) is 6.93. The van der Waals surface area contributed by atoms with Gasteiger partial charge in [-0.25, -0.2) is 0 Å². The first-order valence-corrected chi connectivity index (χ1v) is 6.73. The van der Waals surface area contributed by atoms with Crippen molar-refractivity contribution >= 4 is 11.8 Å². The molecule has 3 nitrogen and oxygen atoms in total. The zero-order valence-electron chi connectivity index (χ0n) is 10.7. The van der Waals surface area contributed by atoms with Gasteiger partial charge in [0.2, 0.25) is 0 Å². The Morgan fingerprint density at radius 3 is 2.67 bits per heavy atom. The molecule has 0 fully saturated rings. The normalized spacial score (nSPS) is 12.4. The van der Waals surface area contributed by atoms with Crippen LogP contribution in [0.5, 0.6) is 0 Å². The number of thioether (sulfide) groups is 1. The second-order valence-electron chi connectivity index (χ2n) is 4.31. The van der Waals surface area contributed by atoms with E-state index in [1.165, 1.54) is 0 Å². The molecule has 0 spiro atoms. The highest BCUT2D eigenvalue weighted by Gasteiger charge is 2.27. The molecule has 0 atom stereocenters. The maximum atomic E-state index is 12.0. The Hall–Kier alpha value is -0.690. The molecule has 7 heteroatoms. The van der Waals surface area contributed by atoms with Crippen LogP contribution in [0.2, 0.25) is 0 Å². The summed E-state index contributed by atoms with van der Waals surface area (Å²) >= 11 is -0.0118. The zero-order chi connectivity index (χ0) is 13.8. The molecular formula is C11H18F3N3S. The lowest BCUT2D eigenvalue weighted by Crippen LogP contribution is -2.22. The van der Waals surface area contributed by atoms with Crippen LogP contribution in [0.15, 0.2) is 6.20 Å². The molecule has 18 heavy (non-hydrogen) atoms. The van der Waals surface area contributed by atoms with Crippen LogP contribution in [0.4, 0.5) is 13.2 Å². The van der Waals surface area contributed by atoms with E-state index in [4.69, 9.17) is 0 Å². The van der Waals surface area contributed by atoms with Gasteiger partial charge in [-0.05, 0) is 18.7 Å². The second kappa shape index (κ2) is 6.47. The zero-order valence-corrected chi connectivity index (χ0v) is 11.5. The molecule has 1 aromatic heterocycles. The van der Waals surface area contributed by atoms with Crippen molar-refractivity contribution in [3.8, 4) is 0 Å².